The van der Waals surface area contributed by atoms with Crippen LogP contribution in [0.1, 0.15) is 20.3 Å². The lowest BCUT2D eigenvalue weighted by molar-refractivity contribution is -0.402. The highest BCUT2D eigenvalue weighted by atomic mass is 16.6. The number of nitro groups is 1. The molecule has 0 atom stereocenters. The summed E-state index contributed by atoms with van der Waals surface area (Å²) >= 11 is 0. The first-order valence-electron chi connectivity index (χ1n) is 3.02. The van der Waals surface area contributed by atoms with Gasteiger partial charge in [0, 0.05) is 6.42 Å². The second-order valence-corrected chi connectivity index (χ2v) is 1.52. The van der Waals surface area contributed by atoms with Gasteiger partial charge in [-0.15, -0.1) is 0 Å². The summed E-state index contributed by atoms with van der Waals surface area (Å²) in [6.07, 6.45) is 2.49. The van der Waals surface area contributed by atoms with Gasteiger partial charge in [-0.05, 0) is 13.0 Å². The van der Waals surface area contributed by atoms with Gasteiger partial charge in [0.1, 0.15) is 0 Å². The molecule has 0 heterocycles. The van der Waals surface area contributed by atoms with E-state index in [9.17, 15) is 14.9 Å². The Kier molecular flexibility index (Phi) is 9.63. The molecule has 0 saturated carbocycles. The third-order valence-electron chi connectivity index (χ3n) is 0.573. The first-order chi connectivity index (χ1) is 5.04. The van der Waals surface area contributed by atoms with Gasteiger partial charge in [-0.1, -0.05) is 6.92 Å². The topological polar surface area (TPSA) is 80.4 Å². The minimum Gasteiger partial charge on any atom is -0.481 e. The minimum absolute atomic E-state index is 0.222. The summed E-state index contributed by atoms with van der Waals surface area (Å²) in [6.45, 7) is 3.20. The lowest BCUT2D eigenvalue weighted by atomic mass is 10.5. The van der Waals surface area contributed by atoms with Crippen LogP contribution < -0.4 is 0 Å². The standard InChI is InChI=1S/C3H5NO2.C3H6O2/c1-2-3-4(5)6;1-2-3(4)5/h2-3H,1H3;2H2,1H3,(H,4,5). The number of hydrogen-bond donors (Lipinski definition) is 1. The average molecular weight is 161 g/mol. The Morgan fingerprint density at radius 2 is 2.09 bits per heavy atom. The van der Waals surface area contributed by atoms with Gasteiger partial charge in [0.15, 0.2) is 0 Å². The third-order valence-corrected chi connectivity index (χ3v) is 0.573. The molecule has 0 saturated heterocycles. The van der Waals surface area contributed by atoms with Crippen molar-refractivity contribution < 1.29 is 14.8 Å². The first kappa shape index (κ1) is 12.3. The predicted molar refractivity (Wildman–Crippen MR) is 39.7 cm³/mol. The van der Waals surface area contributed by atoms with E-state index in [1.165, 1.54) is 6.08 Å². The Bertz CT molecular complexity index is 153. The molecule has 11 heavy (non-hydrogen) atoms. The van der Waals surface area contributed by atoms with Crippen LogP contribution in [0.4, 0.5) is 0 Å². The quantitative estimate of drug-likeness (QED) is 0.488. The molecule has 0 rings (SSSR count). The molecule has 0 aromatic rings. The van der Waals surface area contributed by atoms with Gasteiger partial charge in [0.05, 0.1) is 4.92 Å². The van der Waals surface area contributed by atoms with Crippen LogP contribution in [0.2, 0.25) is 0 Å². The summed E-state index contributed by atoms with van der Waals surface area (Å²) in [7, 11) is 0. The number of carboxylic acids is 1. The summed E-state index contributed by atoms with van der Waals surface area (Å²) in [5.41, 5.74) is 0. The van der Waals surface area contributed by atoms with Crippen LogP contribution in [0.15, 0.2) is 12.3 Å². The molecule has 0 radical (unpaired) electrons. The fraction of sp³-hybridized carbons (Fsp3) is 0.500. The normalized spacial score (nSPS) is 8.55. The summed E-state index contributed by atoms with van der Waals surface area (Å²) in [5, 5.41) is 17.0. The van der Waals surface area contributed by atoms with Crippen LogP contribution in [0, 0.1) is 10.1 Å². The van der Waals surface area contributed by atoms with Crippen molar-refractivity contribution in [1.82, 2.24) is 0 Å². The maximum absolute atomic E-state index is 9.37. The van der Waals surface area contributed by atoms with Crippen molar-refractivity contribution in [3.05, 3.63) is 22.4 Å². The number of rotatable bonds is 2. The lowest BCUT2D eigenvalue weighted by Gasteiger charge is -1.71. The number of carbonyl (C=O) groups is 1. The molecule has 0 aliphatic heterocycles. The zero-order valence-corrected chi connectivity index (χ0v) is 6.48. The van der Waals surface area contributed by atoms with Crippen molar-refractivity contribution >= 4 is 5.97 Å². The van der Waals surface area contributed by atoms with Crippen molar-refractivity contribution in [2.24, 2.45) is 0 Å². The van der Waals surface area contributed by atoms with Gasteiger partial charge in [-0.25, -0.2) is 0 Å². The number of carboxylic acid groups (broad SMARTS) is 1. The second-order valence-electron chi connectivity index (χ2n) is 1.52. The number of allylic oxidation sites excluding steroid dienone is 1. The van der Waals surface area contributed by atoms with E-state index in [0.29, 0.717) is 0 Å². The highest BCUT2D eigenvalue weighted by Crippen LogP contribution is 1.67. The molecule has 0 bridgehead atoms. The lowest BCUT2D eigenvalue weighted by Crippen LogP contribution is -1.86. The zero-order valence-electron chi connectivity index (χ0n) is 6.48. The number of nitrogens with zero attached hydrogens (tertiary/aromatic N) is 1. The predicted octanol–water partition coefficient (Wildman–Crippen LogP) is 1.28. The second kappa shape index (κ2) is 8.61. The third kappa shape index (κ3) is 28.9. The van der Waals surface area contributed by atoms with E-state index in [0.717, 1.165) is 6.20 Å². The van der Waals surface area contributed by atoms with Gasteiger partial charge < -0.3 is 5.11 Å². The Morgan fingerprint density at radius 3 is 2.09 bits per heavy atom. The van der Waals surface area contributed by atoms with Crippen LogP contribution in [0.3, 0.4) is 0 Å². The van der Waals surface area contributed by atoms with Crippen molar-refractivity contribution in [2.45, 2.75) is 20.3 Å². The fourth-order valence-corrected chi connectivity index (χ4v) is 0.122. The molecular formula is C6H11NO4. The van der Waals surface area contributed by atoms with Gasteiger partial charge in [0.2, 0.25) is 6.20 Å². The largest absolute Gasteiger partial charge is 0.481 e. The molecule has 0 aromatic carbocycles. The molecular weight excluding hydrogens is 150 g/mol. The van der Waals surface area contributed by atoms with E-state index in [4.69, 9.17) is 5.11 Å². The maximum atomic E-state index is 9.37. The van der Waals surface area contributed by atoms with Gasteiger partial charge in [-0.3, -0.25) is 14.9 Å². The van der Waals surface area contributed by atoms with Gasteiger partial charge >= 0.3 is 5.97 Å². The molecule has 64 valence electrons. The van der Waals surface area contributed by atoms with Crippen molar-refractivity contribution in [2.75, 3.05) is 0 Å². The van der Waals surface area contributed by atoms with Crippen molar-refractivity contribution in [3.8, 4) is 0 Å². The molecule has 0 fully saturated rings. The molecule has 5 heteroatoms. The molecule has 0 aromatic heterocycles. The van der Waals surface area contributed by atoms with Crippen molar-refractivity contribution in [1.29, 1.82) is 0 Å². The van der Waals surface area contributed by atoms with E-state index < -0.39 is 10.9 Å². The molecule has 5 nitrogen and oxygen atoms in total. The molecule has 0 aliphatic carbocycles. The van der Waals surface area contributed by atoms with Crippen LogP contribution in [0.25, 0.3) is 0 Å². The Hall–Kier alpha value is -1.39. The molecule has 0 spiro atoms. The van der Waals surface area contributed by atoms with E-state index in [-0.39, 0.29) is 6.42 Å². The minimum atomic E-state index is -0.745. The highest BCUT2D eigenvalue weighted by molar-refractivity contribution is 5.66. The Balaban J connectivity index is 0. The van der Waals surface area contributed by atoms with Crippen LogP contribution in [-0.4, -0.2) is 16.0 Å². The van der Waals surface area contributed by atoms with E-state index >= 15 is 0 Å². The summed E-state index contributed by atoms with van der Waals surface area (Å²) < 4.78 is 0. The monoisotopic (exact) mass is 161 g/mol. The van der Waals surface area contributed by atoms with E-state index in [1.54, 1.807) is 13.8 Å². The van der Waals surface area contributed by atoms with E-state index in [2.05, 4.69) is 0 Å². The SMILES string of the molecule is CC=C[N+](=O)[O-].CCC(=O)O. The summed E-state index contributed by atoms with van der Waals surface area (Å²) in [6, 6.07) is 0. The number of aliphatic carboxylic acids is 1. The highest BCUT2D eigenvalue weighted by Gasteiger charge is 1.80. The Morgan fingerprint density at radius 1 is 1.73 bits per heavy atom. The van der Waals surface area contributed by atoms with Crippen LogP contribution in [0.5, 0.6) is 0 Å². The van der Waals surface area contributed by atoms with Gasteiger partial charge in [-0.2, -0.15) is 0 Å². The van der Waals surface area contributed by atoms with Crippen LogP contribution in [-0.2, 0) is 4.79 Å². The summed E-state index contributed by atoms with van der Waals surface area (Å²) in [4.78, 5) is 18.2. The molecule has 0 amide bonds. The Labute approximate surface area is 64.5 Å². The first-order valence-corrected chi connectivity index (χ1v) is 3.02. The fourth-order valence-electron chi connectivity index (χ4n) is 0.122. The van der Waals surface area contributed by atoms with Crippen LogP contribution >= 0.6 is 0 Å². The van der Waals surface area contributed by atoms with Crippen molar-refractivity contribution in [3.63, 3.8) is 0 Å². The average Bonchev–Trinajstić information content (AvgIpc) is 1.89. The zero-order chi connectivity index (χ0) is 9.28. The molecule has 0 unspecified atom stereocenters. The maximum Gasteiger partial charge on any atom is 0.303 e. The smallest absolute Gasteiger partial charge is 0.303 e. The van der Waals surface area contributed by atoms with E-state index in [1.807, 2.05) is 0 Å². The summed E-state index contributed by atoms with van der Waals surface area (Å²) in [5.74, 6) is -0.745. The molecule has 0 aliphatic rings. The van der Waals surface area contributed by atoms with Gasteiger partial charge in [0.25, 0.3) is 0 Å². The number of hydrogen-bond acceptors (Lipinski definition) is 3. The molecule has 1 N–H and O–H groups in total.